The second-order valence-electron chi connectivity index (χ2n) is 5.68. The molecule has 0 aliphatic heterocycles. The van der Waals surface area contributed by atoms with Gasteiger partial charge in [-0.2, -0.15) is 0 Å². The molecular formula is C18H19N5O3. The van der Waals surface area contributed by atoms with Gasteiger partial charge in [-0.3, -0.25) is 9.59 Å². The lowest BCUT2D eigenvalue weighted by atomic mass is 10.2. The maximum absolute atomic E-state index is 12.7. The maximum atomic E-state index is 12.7. The Balaban J connectivity index is 1.83. The molecule has 3 heterocycles. The van der Waals surface area contributed by atoms with Crippen molar-refractivity contribution in [1.82, 2.24) is 14.5 Å². The number of rotatable bonds is 7. The molecule has 3 rings (SSSR count). The number of fused-ring (bicyclic) bond motifs is 1. The first kappa shape index (κ1) is 17.6. The summed E-state index contributed by atoms with van der Waals surface area (Å²) < 4.78 is 6.79. The lowest BCUT2D eigenvalue weighted by Gasteiger charge is -2.08. The Labute approximate surface area is 150 Å². The van der Waals surface area contributed by atoms with E-state index in [1.807, 2.05) is 7.05 Å². The van der Waals surface area contributed by atoms with E-state index in [-0.39, 0.29) is 11.6 Å². The van der Waals surface area contributed by atoms with Crippen molar-refractivity contribution < 1.29 is 14.3 Å². The Hall–Kier alpha value is -3.26. The summed E-state index contributed by atoms with van der Waals surface area (Å²) in [5.74, 6) is 0.0775. The molecular weight excluding hydrogens is 334 g/mol. The van der Waals surface area contributed by atoms with Gasteiger partial charge in [0.1, 0.15) is 17.0 Å². The molecule has 1 amide bonds. The third kappa shape index (κ3) is 3.70. The minimum absolute atomic E-state index is 0.278. The predicted octanol–water partition coefficient (Wildman–Crippen LogP) is 2.09. The third-order valence-corrected chi connectivity index (χ3v) is 3.86. The van der Waals surface area contributed by atoms with Gasteiger partial charge >= 0.3 is 0 Å². The lowest BCUT2D eigenvalue weighted by Crippen LogP contribution is -2.14. The van der Waals surface area contributed by atoms with Crippen LogP contribution in [0.4, 0.5) is 11.5 Å². The Bertz CT molecular complexity index is 951. The van der Waals surface area contributed by atoms with E-state index >= 15 is 0 Å². The minimum Gasteiger partial charge on any atom is -0.383 e. The van der Waals surface area contributed by atoms with Crippen LogP contribution in [0.25, 0.3) is 11.0 Å². The van der Waals surface area contributed by atoms with Gasteiger partial charge in [-0.25, -0.2) is 9.97 Å². The number of pyridine rings is 2. The fourth-order valence-electron chi connectivity index (χ4n) is 2.60. The van der Waals surface area contributed by atoms with Crippen LogP contribution in [0.2, 0.25) is 0 Å². The largest absolute Gasteiger partial charge is 0.383 e. The standard InChI is InChI=1S/C18H19N5O3/c1-23-10-14(17-15(23)4-3-13(11-24)21-17)18(25)22-16-9-12(5-6-20-16)19-7-8-26-2/h3-6,9-11H,7-8H2,1-2H3,(H2,19,20,22,25). The summed E-state index contributed by atoms with van der Waals surface area (Å²) in [7, 11) is 3.45. The minimum atomic E-state index is -0.340. The molecule has 0 atom stereocenters. The monoisotopic (exact) mass is 353 g/mol. The van der Waals surface area contributed by atoms with E-state index in [1.54, 1.807) is 48.3 Å². The third-order valence-electron chi connectivity index (χ3n) is 3.86. The highest BCUT2D eigenvalue weighted by Gasteiger charge is 2.16. The predicted molar refractivity (Wildman–Crippen MR) is 98.7 cm³/mol. The van der Waals surface area contributed by atoms with Crippen LogP contribution in [0.3, 0.4) is 0 Å². The Morgan fingerprint density at radius 2 is 2.19 bits per heavy atom. The van der Waals surface area contributed by atoms with Crippen molar-refractivity contribution in [1.29, 1.82) is 0 Å². The van der Waals surface area contributed by atoms with Gasteiger partial charge in [-0.15, -0.1) is 0 Å². The normalized spacial score (nSPS) is 10.7. The number of carbonyl (C=O) groups excluding carboxylic acids is 2. The van der Waals surface area contributed by atoms with Crippen LogP contribution < -0.4 is 10.6 Å². The molecule has 0 unspecified atom stereocenters. The second kappa shape index (κ2) is 7.75. The molecule has 8 heteroatoms. The molecule has 0 saturated carbocycles. The van der Waals surface area contributed by atoms with Crippen molar-refractivity contribution in [3.63, 3.8) is 0 Å². The van der Waals surface area contributed by atoms with Crippen LogP contribution in [0.1, 0.15) is 20.8 Å². The fraction of sp³-hybridized carbons (Fsp3) is 0.222. The Morgan fingerprint density at radius 1 is 1.35 bits per heavy atom. The van der Waals surface area contributed by atoms with Gasteiger partial charge in [0, 0.05) is 44.8 Å². The molecule has 0 bridgehead atoms. The van der Waals surface area contributed by atoms with Gasteiger partial charge in [-0.05, 0) is 18.2 Å². The van der Waals surface area contributed by atoms with E-state index in [1.165, 1.54) is 0 Å². The molecule has 0 aliphatic carbocycles. The quantitative estimate of drug-likeness (QED) is 0.498. The zero-order valence-corrected chi connectivity index (χ0v) is 14.5. The van der Waals surface area contributed by atoms with Gasteiger partial charge in [-0.1, -0.05) is 0 Å². The highest BCUT2D eigenvalue weighted by atomic mass is 16.5. The van der Waals surface area contributed by atoms with E-state index < -0.39 is 0 Å². The molecule has 0 aromatic carbocycles. The van der Waals surface area contributed by atoms with E-state index in [9.17, 15) is 9.59 Å². The first-order valence-electron chi connectivity index (χ1n) is 8.04. The van der Waals surface area contributed by atoms with E-state index in [0.717, 1.165) is 11.2 Å². The molecule has 3 aromatic rings. The first-order chi connectivity index (χ1) is 12.6. The SMILES string of the molecule is COCCNc1ccnc(NC(=O)c2cn(C)c3ccc(C=O)nc23)c1. The number of amides is 1. The molecule has 0 aliphatic rings. The Kier molecular flexibility index (Phi) is 5.23. The van der Waals surface area contributed by atoms with Crippen molar-refractivity contribution in [2.75, 3.05) is 30.9 Å². The smallest absolute Gasteiger partial charge is 0.260 e. The number of aldehydes is 1. The summed E-state index contributed by atoms with van der Waals surface area (Å²) >= 11 is 0. The lowest BCUT2D eigenvalue weighted by molar-refractivity contribution is 0.102. The molecule has 2 N–H and O–H groups in total. The van der Waals surface area contributed by atoms with Crippen molar-refractivity contribution in [2.45, 2.75) is 0 Å². The molecule has 0 radical (unpaired) electrons. The van der Waals surface area contributed by atoms with E-state index in [2.05, 4.69) is 20.6 Å². The summed E-state index contributed by atoms with van der Waals surface area (Å²) in [6.45, 7) is 1.22. The number of ether oxygens (including phenoxy) is 1. The second-order valence-corrected chi connectivity index (χ2v) is 5.68. The summed E-state index contributed by atoms with van der Waals surface area (Å²) in [6, 6.07) is 6.93. The summed E-state index contributed by atoms with van der Waals surface area (Å²) in [5.41, 5.74) is 2.73. The van der Waals surface area contributed by atoms with E-state index in [0.29, 0.717) is 36.3 Å². The first-order valence-corrected chi connectivity index (χ1v) is 8.04. The van der Waals surface area contributed by atoms with Crippen molar-refractivity contribution in [3.8, 4) is 0 Å². The number of hydrogen-bond donors (Lipinski definition) is 2. The van der Waals surface area contributed by atoms with Gasteiger partial charge in [0.05, 0.1) is 17.7 Å². The number of aryl methyl sites for hydroxylation is 1. The molecule has 134 valence electrons. The molecule has 8 nitrogen and oxygen atoms in total. The average Bonchev–Trinajstić information content (AvgIpc) is 2.98. The zero-order valence-electron chi connectivity index (χ0n) is 14.5. The highest BCUT2D eigenvalue weighted by Crippen LogP contribution is 2.20. The summed E-state index contributed by atoms with van der Waals surface area (Å²) in [5, 5.41) is 5.95. The molecule has 26 heavy (non-hydrogen) atoms. The average molecular weight is 353 g/mol. The number of nitrogens with one attached hydrogen (secondary N) is 2. The van der Waals surface area contributed by atoms with Gasteiger partial charge in [0.2, 0.25) is 0 Å². The maximum Gasteiger partial charge on any atom is 0.260 e. The summed E-state index contributed by atoms with van der Waals surface area (Å²) in [4.78, 5) is 32.1. The fourth-order valence-corrected chi connectivity index (χ4v) is 2.60. The van der Waals surface area contributed by atoms with E-state index in [4.69, 9.17) is 4.74 Å². The summed E-state index contributed by atoms with van der Waals surface area (Å²) in [6.07, 6.45) is 3.95. The number of anilines is 2. The molecule has 0 saturated heterocycles. The molecule has 0 fully saturated rings. The number of nitrogens with zero attached hydrogens (tertiary/aromatic N) is 3. The highest BCUT2D eigenvalue weighted by molar-refractivity contribution is 6.11. The topological polar surface area (TPSA) is 98.1 Å². The number of aromatic nitrogens is 3. The number of carbonyl (C=O) groups is 2. The van der Waals surface area contributed by atoms with Crippen LogP contribution in [-0.2, 0) is 11.8 Å². The van der Waals surface area contributed by atoms with Gasteiger partial charge < -0.3 is 19.9 Å². The Morgan fingerprint density at radius 3 is 2.96 bits per heavy atom. The van der Waals surface area contributed by atoms with Crippen LogP contribution >= 0.6 is 0 Å². The van der Waals surface area contributed by atoms with Gasteiger partial charge in [0.25, 0.3) is 5.91 Å². The number of hydrogen-bond acceptors (Lipinski definition) is 6. The van der Waals surface area contributed by atoms with Crippen molar-refractivity contribution in [2.24, 2.45) is 7.05 Å². The molecule has 0 spiro atoms. The van der Waals surface area contributed by atoms with Crippen molar-refractivity contribution in [3.05, 3.63) is 47.9 Å². The van der Waals surface area contributed by atoms with Crippen molar-refractivity contribution >= 4 is 34.7 Å². The van der Waals surface area contributed by atoms with Crippen LogP contribution in [-0.4, -0.2) is 47.0 Å². The van der Waals surface area contributed by atoms with Crippen LogP contribution in [0.5, 0.6) is 0 Å². The number of methoxy groups -OCH3 is 1. The zero-order chi connectivity index (χ0) is 18.5. The van der Waals surface area contributed by atoms with Gasteiger partial charge in [0.15, 0.2) is 6.29 Å². The van der Waals surface area contributed by atoms with Crippen LogP contribution in [0, 0.1) is 0 Å². The van der Waals surface area contributed by atoms with Crippen LogP contribution in [0.15, 0.2) is 36.7 Å². The molecule has 3 aromatic heterocycles.